The Morgan fingerprint density at radius 2 is 0.941 bits per heavy atom. The van der Waals surface area contributed by atoms with Crippen molar-refractivity contribution in [1.82, 2.24) is 0 Å². The molecule has 0 radical (unpaired) electrons. The molecule has 0 aliphatic carbocycles. The summed E-state index contributed by atoms with van der Waals surface area (Å²) in [4.78, 5) is 2.57. The van der Waals surface area contributed by atoms with E-state index in [1.807, 2.05) is 26.0 Å². The normalized spacial score (nSPS) is 8.12. The zero-order valence-electron chi connectivity index (χ0n) is 10.6. The minimum atomic E-state index is 1.29. The van der Waals surface area contributed by atoms with E-state index in [4.69, 9.17) is 0 Å². The van der Waals surface area contributed by atoms with E-state index in [1.54, 1.807) is 11.8 Å². The van der Waals surface area contributed by atoms with Gasteiger partial charge >= 0.3 is 0 Å². The average Bonchev–Trinajstić information content (AvgIpc) is 2.45. The highest BCUT2D eigenvalue weighted by atomic mass is 32.2. The van der Waals surface area contributed by atoms with Gasteiger partial charge in [0.1, 0.15) is 0 Å². The van der Waals surface area contributed by atoms with Crippen molar-refractivity contribution in [2.24, 2.45) is 0 Å². The summed E-state index contributed by atoms with van der Waals surface area (Å²) in [5.41, 5.74) is 0. The molecule has 2 aromatic carbocycles. The van der Waals surface area contributed by atoms with Gasteiger partial charge in [0.2, 0.25) is 0 Å². The van der Waals surface area contributed by atoms with Crippen LogP contribution < -0.4 is 0 Å². The summed E-state index contributed by atoms with van der Waals surface area (Å²) in [6.45, 7) is 10.0. The van der Waals surface area contributed by atoms with E-state index in [0.717, 1.165) is 0 Å². The molecule has 0 saturated heterocycles. The van der Waals surface area contributed by atoms with E-state index in [2.05, 4.69) is 61.7 Å². The Labute approximate surface area is 109 Å². The van der Waals surface area contributed by atoms with Gasteiger partial charge < -0.3 is 0 Å². The lowest BCUT2D eigenvalue weighted by atomic mass is 10.4. The van der Waals surface area contributed by atoms with Crippen LogP contribution in [0.4, 0.5) is 0 Å². The van der Waals surface area contributed by atoms with Gasteiger partial charge in [-0.2, -0.15) is 0 Å². The second-order valence-electron chi connectivity index (χ2n) is 2.73. The van der Waals surface area contributed by atoms with E-state index < -0.39 is 0 Å². The molecule has 2 rings (SSSR count). The highest BCUT2D eigenvalue weighted by Crippen LogP contribution is 2.26. The Balaban J connectivity index is 0.000000581. The zero-order chi connectivity index (χ0) is 12.9. The Bertz CT molecular complexity index is 330. The molecular formula is C16H20S. The van der Waals surface area contributed by atoms with Crippen molar-refractivity contribution in [3.63, 3.8) is 0 Å². The Hall–Kier alpha value is -1.47. The van der Waals surface area contributed by atoms with E-state index in [-0.39, 0.29) is 0 Å². The van der Waals surface area contributed by atoms with Crippen molar-refractivity contribution >= 4 is 11.8 Å². The molecule has 0 nitrogen and oxygen atoms in total. The largest absolute Gasteiger partial charge is 0.106 e. The number of hydrogen-bond acceptors (Lipinski definition) is 1. The second-order valence-corrected chi connectivity index (χ2v) is 3.88. The number of rotatable bonds is 2. The smallest absolute Gasteiger partial charge is 0.0122 e. The van der Waals surface area contributed by atoms with Gasteiger partial charge in [0.15, 0.2) is 0 Å². The standard InChI is InChI=1S/C12H10S.C2H6.C2H4/c1-3-7-11(8-4-1)13-12-9-5-2-6-10-12;2*1-2/h1-10H;1-2H3;1-2H2. The summed E-state index contributed by atoms with van der Waals surface area (Å²) in [5.74, 6) is 0. The predicted octanol–water partition coefficient (Wildman–Crippen LogP) is 5.67. The Morgan fingerprint density at radius 3 is 1.24 bits per heavy atom. The van der Waals surface area contributed by atoms with Crippen molar-refractivity contribution in [2.45, 2.75) is 23.6 Å². The molecule has 0 fully saturated rings. The third kappa shape index (κ3) is 6.64. The molecule has 0 unspecified atom stereocenters. The summed E-state index contributed by atoms with van der Waals surface area (Å²) in [6, 6.07) is 20.8. The molecule has 90 valence electrons. The zero-order valence-corrected chi connectivity index (χ0v) is 11.4. The minimum absolute atomic E-state index is 1.29. The molecule has 0 aliphatic rings. The van der Waals surface area contributed by atoms with Gasteiger partial charge in [-0.05, 0) is 24.3 Å². The maximum Gasteiger partial charge on any atom is 0.0122 e. The van der Waals surface area contributed by atoms with E-state index >= 15 is 0 Å². The average molecular weight is 244 g/mol. The van der Waals surface area contributed by atoms with Crippen LogP contribution in [0.3, 0.4) is 0 Å². The lowest BCUT2D eigenvalue weighted by Crippen LogP contribution is -1.70. The second kappa shape index (κ2) is 11.0. The molecule has 0 N–H and O–H groups in total. The molecular weight excluding hydrogens is 224 g/mol. The van der Waals surface area contributed by atoms with Crippen LogP contribution in [-0.2, 0) is 0 Å². The molecule has 0 bridgehead atoms. The van der Waals surface area contributed by atoms with Crippen LogP contribution in [0.2, 0.25) is 0 Å². The van der Waals surface area contributed by atoms with Gasteiger partial charge in [0.05, 0.1) is 0 Å². The summed E-state index contributed by atoms with van der Waals surface area (Å²) >= 11 is 1.79. The molecule has 0 amide bonds. The fraction of sp³-hybridized carbons (Fsp3) is 0.125. The van der Waals surface area contributed by atoms with Crippen LogP contribution >= 0.6 is 11.8 Å². The number of hydrogen-bond donors (Lipinski definition) is 0. The predicted molar refractivity (Wildman–Crippen MR) is 79.6 cm³/mol. The molecule has 0 heterocycles. The van der Waals surface area contributed by atoms with Crippen LogP contribution in [0.1, 0.15) is 13.8 Å². The number of benzene rings is 2. The monoisotopic (exact) mass is 244 g/mol. The Kier molecular flexibility index (Phi) is 10.1. The highest BCUT2D eigenvalue weighted by Gasteiger charge is 1.93. The summed E-state index contributed by atoms with van der Waals surface area (Å²) in [6.07, 6.45) is 0. The minimum Gasteiger partial charge on any atom is -0.106 e. The topological polar surface area (TPSA) is 0 Å². The first-order chi connectivity index (χ1) is 8.45. The summed E-state index contributed by atoms with van der Waals surface area (Å²) in [5, 5.41) is 0. The summed E-state index contributed by atoms with van der Waals surface area (Å²) < 4.78 is 0. The summed E-state index contributed by atoms with van der Waals surface area (Å²) in [7, 11) is 0. The molecule has 17 heavy (non-hydrogen) atoms. The first-order valence-corrected chi connectivity index (χ1v) is 6.55. The van der Waals surface area contributed by atoms with Gasteiger partial charge in [-0.3, -0.25) is 0 Å². The van der Waals surface area contributed by atoms with Crippen LogP contribution in [-0.4, -0.2) is 0 Å². The fourth-order valence-corrected chi connectivity index (χ4v) is 1.97. The third-order valence-corrected chi connectivity index (χ3v) is 2.74. The van der Waals surface area contributed by atoms with Crippen LogP contribution in [0.25, 0.3) is 0 Å². The van der Waals surface area contributed by atoms with Crippen LogP contribution in [0.5, 0.6) is 0 Å². The maximum atomic E-state index is 3.00. The maximum absolute atomic E-state index is 3.00. The quantitative estimate of drug-likeness (QED) is 0.614. The van der Waals surface area contributed by atoms with Gasteiger partial charge in [0.25, 0.3) is 0 Å². The Morgan fingerprint density at radius 1 is 0.647 bits per heavy atom. The molecule has 0 aromatic heterocycles. The van der Waals surface area contributed by atoms with Crippen molar-refractivity contribution in [1.29, 1.82) is 0 Å². The van der Waals surface area contributed by atoms with Crippen LogP contribution in [0.15, 0.2) is 83.6 Å². The SMILES string of the molecule is C=C.CC.c1ccc(Sc2ccccc2)cc1. The molecule has 0 aliphatic heterocycles. The van der Waals surface area contributed by atoms with E-state index in [1.165, 1.54) is 9.79 Å². The molecule has 2 aromatic rings. The lowest BCUT2D eigenvalue weighted by molar-refractivity contribution is 1.41. The van der Waals surface area contributed by atoms with E-state index in [9.17, 15) is 0 Å². The molecule has 0 atom stereocenters. The first kappa shape index (κ1) is 15.5. The van der Waals surface area contributed by atoms with Crippen LogP contribution in [0, 0.1) is 0 Å². The van der Waals surface area contributed by atoms with Crippen molar-refractivity contribution in [3.8, 4) is 0 Å². The van der Waals surface area contributed by atoms with Crippen molar-refractivity contribution < 1.29 is 0 Å². The van der Waals surface area contributed by atoms with Gasteiger partial charge in [-0.15, -0.1) is 13.2 Å². The van der Waals surface area contributed by atoms with E-state index in [0.29, 0.717) is 0 Å². The van der Waals surface area contributed by atoms with Crippen molar-refractivity contribution in [2.75, 3.05) is 0 Å². The first-order valence-electron chi connectivity index (χ1n) is 5.73. The van der Waals surface area contributed by atoms with Gasteiger partial charge in [0, 0.05) is 9.79 Å². The molecule has 0 saturated carbocycles. The molecule has 0 spiro atoms. The molecule has 1 heteroatoms. The van der Waals surface area contributed by atoms with Crippen molar-refractivity contribution in [3.05, 3.63) is 73.8 Å². The highest BCUT2D eigenvalue weighted by molar-refractivity contribution is 7.99. The fourth-order valence-electron chi connectivity index (χ4n) is 1.11. The third-order valence-electron chi connectivity index (χ3n) is 1.72. The van der Waals surface area contributed by atoms with Gasteiger partial charge in [-0.1, -0.05) is 62.0 Å². The lowest BCUT2D eigenvalue weighted by Gasteiger charge is -1.99. The van der Waals surface area contributed by atoms with Gasteiger partial charge in [-0.25, -0.2) is 0 Å².